The molecule has 0 spiro atoms. The molecule has 1 atom stereocenters. The smallest absolute Gasteiger partial charge is 0.338 e. The van der Waals surface area contributed by atoms with Gasteiger partial charge in [-0.15, -0.1) is 0 Å². The molecule has 47 nitrogen and oxygen atoms in total. The van der Waals surface area contributed by atoms with Gasteiger partial charge in [-0.2, -0.15) is 0 Å². The van der Waals surface area contributed by atoms with Gasteiger partial charge in [-0.25, -0.2) is 14.4 Å². The van der Waals surface area contributed by atoms with E-state index >= 15 is 0 Å². The molecule has 0 amide bonds. The zero-order valence-corrected chi connectivity index (χ0v) is 88.7. The fourth-order valence-corrected chi connectivity index (χ4v) is 11.0. The van der Waals surface area contributed by atoms with E-state index < -0.39 is 24.0 Å². The van der Waals surface area contributed by atoms with Crippen molar-refractivity contribution in [1.82, 2.24) is 0 Å². The van der Waals surface area contributed by atoms with E-state index in [-0.39, 0.29) is 42.3 Å². The topological polar surface area (TPSA) is 465 Å². The van der Waals surface area contributed by atoms with Gasteiger partial charge in [0, 0.05) is 12.7 Å². The Balaban J connectivity index is 1.09. The number of benzene rings is 2. The highest BCUT2D eigenvalue weighted by Crippen LogP contribution is 2.12. The standard InChI is InChI=1S/C101H180O47/c1-93(148-101(105)98-6-4-95(5-7-98)94(2)102)92-147-100(104)97-10-8-96(9-11-97)99(103)146-91-90-145-89-88-144-87-86-143-85-84-142-83-82-141-81-80-140-79-78-139-77-76-138-75-74-137-73-72-136-71-70-135-69-68-134-67-66-133-65-64-132-63-62-131-61-60-130-59-58-129-57-56-128-55-54-127-53-52-126-51-50-125-49-48-124-47-46-123-45-44-122-43-42-121-41-40-120-39-38-119-37-36-118-35-34-117-33-32-116-31-30-115-29-28-114-27-26-113-25-24-112-23-22-111-21-20-110-19-18-109-17-16-108-15-14-107-13-12-106-3/h4-11,93H,12-92H2,1-3H3. The van der Waals surface area contributed by atoms with Crippen LogP contribution in [0.1, 0.15) is 55.3 Å². The van der Waals surface area contributed by atoms with Crippen LogP contribution < -0.4 is 0 Å². The first-order chi connectivity index (χ1) is 73.3. The van der Waals surface area contributed by atoms with E-state index in [0.29, 0.717) is 521 Å². The van der Waals surface area contributed by atoms with Crippen LogP contribution in [0.2, 0.25) is 0 Å². The molecule has 0 aliphatic rings. The summed E-state index contributed by atoms with van der Waals surface area (Å²) in [6, 6.07) is 11.8. The quantitative estimate of drug-likeness (QED) is 0.0394. The lowest BCUT2D eigenvalue weighted by Crippen LogP contribution is -2.22. The lowest BCUT2D eigenvalue weighted by Gasteiger charge is -2.14. The van der Waals surface area contributed by atoms with Crippen LogP contribution in [0.4, 0.5) is 0 Å². The first-order valence-corrected chi connectivity index (χ1v) is 51.6. The second-order valence-corrected chi connectivity index (χ2v) is 30.5. The molecule has 0 heterocycles. The van der Waals surface area contributed by atoms with E-state index in [4.69, 9.17) is 204 Å². The van der Waals surface area contributed by atoms with Gasteiger partial charge in [0.05, 0.1) is 539 Å². The molecular weight excluding hydrogens is 1970 g/mol. The Morgan fingerprint density at radius 3 is 0.392 bits per heavy atom. The molecule has 2 aromatic rings. The van der Waals surface area contributed by atoms with Crippen molar-refractivity contribution >= 4 is 23.7 Å². The van der Waals surface area contributed by atoms with Crippen LogP contribution in [0.15, 0.2) is 48.5 Å². The molecule has 0 saturated heterocycles. The summed E-state index contributed by atoms with van der Waals surface area (Å²) in [5.74, 6) is -1.96. The Bertz CT molecular complexity index is 2910. The molecule has 0 aliphatic carbocycles. The maximum absolute atomic E-state index is 12.5. The van der Waals surface area contributed by atoms with Crippen molar-refractivity contribution in [2.75, 3.05) is 542 Å². The number of hydrogen-bond acceptors (Lipinski definition) is 47. The van der Waals surface area contributed by atoms with Gasteiger partial charge < -0.3 is 204 Å². The number of ketones is 1. The van der Waals surface area contributed by atoms with E-state index in [2.05, 4.69) is 0 Å². The summed E-state index contributed by atoms with van der Waals surface area (Å²) < 4.78 is 236. The zero-order valence-electron chi connectivity index (χ0n) is 88.7. The van der Waals surface area contributed by atoms with E-state index in [1.165, 1.54) is 55.5 Å². The molecule has 0 fully saturated rings. The molecule has 47 heteroatoms. The fraction of sp³-hybridized carbons (Fsp3) is 0.842. The zero-order chi connectivity index (χ0) is 106. The summed E-state index contributed by atoms with van der Waals surface area (Å²) in [5, 5.41) is 0. The number of Topliss-reactive ketones (excluding diaryl/α,β-unsaturated/α-hetero) is 1. The predicted molar refractivity (Wildman–Crippen MR) is 532 cm³/mol. The minimum Gasteiger partial charge on any atom is -0.460 e. The van der Waals surface area contributed by atoms with Gasteiger partial charge in [-0.3, -0.25) is 4.79 Å². The second-order valence-electron chi connectivity index (χ2n) is 30.5. The Morgan fingerprint density at radius 2 is 0.264 bits per heavy atom. The predicted octanol–water partition coefficient (Wildman–Crippen LogP) is 3.74. The van der Waals surface area contributed by atoms with Crippen LogP contribution in [-0.2, 0) is 204 Å². The van der Waals surface area contributed by atoms with Gasteiger partial charge in [-0.05, 0) is 50.2 Å². The van der Waals surface area contributed by atoms with Gasteiger partial charge in [0.15, 0.2) is 5.78 Å². The van der Waals surface area contributed by atoms with Crippen LogP contribution in [0.25, 0.3) is 0 Å². The Morgan fingerprint density at radius 1 is 0.155 bits per heavy atom. The molecule has 0 radical (unpaired) electrons. The molecule has 2 rings (SSSR count). The third-order valence-corrected chi connectivity index (χ3v) is 18.7. The first-order valence-electron chi connectivity index (χ1n) is 51.6. The highest BCUT2D eigenvalue weighted by Gasteiger charge is 2.18. The second kappa shape index (κ2) is 119. The van der Waals surface area contributed by atoms with Gasteiger partial charge >= 0.3 is 17.9 Å². The van der Waals surface area contributed by atoms with E-state index in [9.17, 15) is 19.2 Å². The van der Waals surface area contributed by atoms with Crippen molar-refractivity contribution in [2.24, 2.45) is 0 Å². The number of hydrogen-bond donors (Lipinski definition) is 0. The fourth-order valence-electron chi connectivity index (χ4n) is 11.0. The number of carbonyl (C=O) groups excluding carboxylic acids is 4. The average Bonchev–Trinajstić information content (AvgIpc) is 0.897. The molecule has 0 bridgehead atoms. The number of methoxy groups -OCH3 is 1. The van der Waals surface area contributed by atoms with E-state index in [1.807, 2.05) is 0 Å². The molecule has 2 aromatic carbocycles. The Hall–Kier alpha value is -5.08. The average molecular weight is 2150 g/mol. The number of ether oxygens (including phenoxy) is 43. The largest absolute Gasteiger partial charge is 0.460 e. The van der Waals surface area contributed by atoms with Gasteiger partial charge in [-0.1, -0.05) is 12.1 Å². The van der Waals surface area contributed by atoms with Crippen LogP contribution in [0.5, 0.6) is 0 Å². The van der Waals surface area contributed by atoms with Gasteiger partial charge in [0.2, 0.25) is 0 Å². The van der Waals surface area contributed by atoms with Crippen LogP contribution in [0, 0.1) is 0 Å². The van der Waals surface area contributed by atoms with Gasteiger partial charge in [0.1, 0.15) is 19.3 Å². The van der Waals surface area contributed by atoms with Crippen molar-refractivity contribution in [1.29, 1.82) is 0 Å². The minimum atomic E-state index is -0.730. The number of carbonyl (C=O) groups is 4. The lowest BCUT2D eigenvalue weighted by molar-refractivity contribution is -0.0328. The number of esters is 3. The molecular formula is C101H180O47. The highest BCUT2D eigenvalue weighted by atomic mass is 16.7. The summed E-state index contributed by atoms with van der Waals surface area (Å²) in [7, 11) is 1.64. The minimum absolute atomic E-state index is 0.0289. The van der Waals surface area contributed by atoms with Gasteiger partial charge in [0.25, 0.3) is 0 Å². The van der Waals surface area contributed by atoms with E-state index in [1.54, 1.807) is 14.0 Å². The third kappa shape index (κ3) is 105. The van der Waals surface area contributed by atoms with Crippen molar-refractivity contribution in [3.05, 3.63) is 70.8 Å². The van der Waals surface area contributed by atoms with Crippen molar-refractivity contribution < 1.29 is 223 Å². The SMILES string of the molecule is COCCOCCOCCOCCOCCOCCOCCOCCOCCOCCOCCOCCOCCOCCOCCOCCOCCOCCOCCOCCOCCOCCOCCOCCOCCOCCOCCOCCOCCOCCOCCOCCOCCOCCOCCOCCOCCOCCOCCOCCOC(=O)c1ccc(C(=O)OCC(C)OC(=O)c2ccc(C(C)=O)cc2)cc1. The van der Waals surface area contributed by atoms with Crippen LogP contribution >= 0.6 is 0 Å². The molecule has 1 unspecified atom stereocenters. The first kappa shape index (κ1) is 139. The molecule has 0 saturated carbocycles. The summed E-state index contributed by atoms with van der Waals surface area (Å²) in [5.41, 5.74) is 1.19. The molecule has 148 heavy (non-hydrogen) atoms. The molecule has 0 aromatic heterocycles. The lowest BCUT2D eigenvalue weighted by atomic mass is 10.1. The monoisotopic (exact) mass is 2150 g/mol. The van der Waals surface area contributed by atoms with Crippen molar-refractivity contribution in [2.45, 2.75) is 20.0 Å². The maximum atomic E-state index is 12.5. The van der Waals surface area contributed by atoms with E-state index in [0.717, 1.165) is 0 Å². The van der Waals surface area contributed by atoms with Crippen LogP contribution in [-0.4, -0.2) is 572 Å². The molecule has 0 aliphatic heterocycles. The molecule has 866 valence electrons. The Kier molecular flexibility index (Phi) is 112. The summed E-state index contributed by atoms with van der Waals surface area (Å²) in [4.78, 5) is 48.8. The van der Waals surface area contributed by atoms with Crippen molar-refractivity contribution in [3.8, 4) is 0 Å². The normalized spacial score (nSPS) is 11.9. The molecule has 0 N–H and O–H groups in total. The maximum Gasteiger partial charge on any atom is 0.338 e. The third-order valence-electron chi connectivity index (χ3n) is 18.7. The highest BCUT2D eigenvalue weighted by molar-refractivity contribution is 5.96. The number of rotatable bonds is 127. The van der Waals surface area contributed by atoms with Crippen molar-refractivity contribution in [3.63, 3.8) is 0 Å². The van der Waals surface area contributed by atoms with Crippen LogP contribution in [0.3, 0.4) is 0 Å². The summed E-state index contributed by atoms with van der Waals surface area (Å²) in [6.07, 6.45) is -0.730. The Labute approximate surface area is 875 Å². The summed E-state index contributed by atoms with van der Waals surface area (Å²) >= 11 is 0. The summed E-state index contributed by atoms with van der Waals surface area (Å²) in [6.45, 7) is 39.6.